The Bertz CT molecular complexity index is 1890. The molecule has 1 N–H and O–H groups in total. The summed E-state index contributed by atoms with van der Waals surface area (Å²) in [5.74, 6) is 1.42. The molecule has 254 valence electrons. The lowest BCUT2D eigenvalue weighted by molar-refractivity contribution is 0.0515. The third-order valence-corrected chi connectivity index (χ3v) is 9.44. The van der Waals surface area contributed by atoms with Gasteiger partial charge in [0.2, 0.25) is 11.8 Å². The van der Waals surface area contributed by atoms with Crippen molar-refractivity contribution in [3.05, 3.63) is 102 Å². The van der Waals surface area contributed by atoms with E-state index in [1.54, 1.807) is 0 Å². The van der Waals surface area contributed by atoms with Gasteiger partial charge in [-0.3, -0.25) is 4.68 Å². The second kappa shape index (κ2) is 13.8. The number of hydrogen-bond donors (Lipinski definition) is 1. The van der Waals surface area contributed by atoms with E-state index in [4.69, 9.17) is 24.3 Å². The molecule has 1 unspecified atom stereocenters. The number of pyridine rings is 1. The summed E-state index contributed by atoms with van der Waals surface area (Å²) in [4.78, 5) is 19.7. The van der Waals surface area contributed by atoms with Gasteiger partial charge >= 0.3 is 6.09 Å². The van der Waals surface area contributed by atoms with Crippen LogP contribution in [0.1, 0.15) is 57.6 Å². The average molecular weight is 660 g/mol. The molecular formula is C40H45N5O4. The summed E-state index contributed by atoms with van der Waals surface area (Å²) in [5.41, 5.74) is 5.55. The minimum Gasteiger partial charge on any atom is -0.473 e. The van der Waals surface area contributed by atoms with Crippen molar-refractivity contribution in [2.75, 3.05) is 11.4 Å². The molecule has 49 heavy (non-hydrogen) atoms. The highest BCUT2D eigenvalue weighted by Crippen LogP contribution is 2.43. The van der Waals surface area contributed by atoms with Crippen LogP contribution in [0.3, 0.4) is 0 Å². The van der Waals surface area contributed by atoms with E-state index in [0.29, 0.717) is 49.5 Å². The van der Waals surface area contributed by atoms with Gasteiger partial charge in [0.25, 0.3) is 0 Å². The van der Waals surface area contributed by atoms with Gasteiger partial charge in [0.1, 0.15) is 24.5 Å². The van der Waals surface area contributed by atoms with Crippen LogP contribution in [0.5, 0.6) is 11.8 Å². The fourth-order valence-corrected chi connectivity index (χ4v) is 7.28. The Labute approximate surface area is 288 Å². The highest BCUT2D eigenvalue weighted by molar-refractivity contribution is 5.96. The summed E-state index contributed by atoms with van der Waals surface area (Å²) >= 11 is 0. The number of amides is 1. The van der Waals surface area contributed by atoms with Gasteiger partial charge in [-0.15, -0.1) is 0 Å². The van der Waals surface area contributed by atoms with Gasteiger partial charge in [-0.05, 0) is 87.8 Å². The Kier molecular flexibility index (Phi) is 9.17. The molecule has 0 spiro atoms. The first-order chi connectivity index (χ1) is 23.7. The molecule has 2 aliphatic heterocycles. The molecule has 2 aliphatic rings. The van der Waals surface area contributed by atoms with Crippen LogP contribution in [-0.2, 0) is 25.0 Å². The minimum absolute atomic E-state index is 0.335. The topological polar surface area (TPSA) is 90.7 Å². The zero-order chi connectivity index (χ0) is 34.0. The molecule has 2 aromatic heterocycles. The lowest BCUT2D eigenvalue weighted by Gasteiger charge is -2.40. The third-order valence-electron chi connectivity index (χ3n) is 9.44. The van der Waals surface area contributed by atoms with Gasteiger partial charge in [0.05, 0.1) is 11.1 Å². The van der Waals surface area contributed by atoms with Crippen molar-refractivity contribution in [3.8, 4) is 23.0 Å². The van der Waals surface area contributed by atoms with Crippen LogP contribution in [0.15, 0.2) is 91.0 Å². The summed E-state index contributed by atoms with van der Waals surface area (Å²) in [6.45, 7) is 7.12. The van der Waals surface area contributed by atoms with Crippen LogP contribution in [0.4, 0.5) is 10.5 Å². The number of anilines is 1. The van der Waals surface area contributed by atoms with Crippen molar-refractivity contribution in [1.82, 2.24) is 20.1 Å². The number of rotatable bonds is 10. The third kappa shape index (κ3) is 7.51. The van der Waals surface area contributed by atoms with Crippen molar-refractivity contribution in [1.29, 1.82) is 0 Å². The number of fused-ring (bicyclic) bond motifs is 3. The number of hydrogen-bond acceptors (Lipinski definition) is 7. The van der Waals surface area contributed by atoms with Gasteiger partial charge in [-0.1, -0.05) is 60.7 Å². The van der Waals surface area contributed by atoms with Crippen LogP contribution in [0, 0.1) is 5.92 Å². The van der Waals surface area contributed by atoms with Crippen molar-refractivity contribution in [3.63, 3.8) is 0 Å². The maximum Gasteiger partial charge on any atom is 0.407 e. The standard InChI is InChI=1S/C40H45N5O4/c1-40(2,3)49-39(46)41-24-29-21-30-15-16-31(22-29)45(30)32-17-18-33-35(23-32)44(4)43-37(33)34-19-20-36(47-25-27-11-7-5-8-12-27)42-38(34)48-26-28-13-9-6-10-14-28/h5-14,17-20,23,29-31H,15-16,21-22,24-26H2,1-4H3,(H,41,46)/t29?,30-,31+. The number of nitrogens with zero attached hydrogens (tertiary/aromatic N) is 4. The first-order valence-electron chi connectivity index (χ1n) is 17.3. The minimum atomic E-state index is -0.496. The quantitative estimate of drug-likeness (QED) is 0.162. The number of aromatic nitrogens is 3. The van der Waals surface area contributed by atoms with E-state index in [0.717, 1.165) is 59.0 Å². The Morgan fingerprint density at radius 1 is 0.857 bits per heavy atom. The van der Waals surface area contributed by atoms with Crippen molar-refractivity contribution in [2.45, 2.75) is 77.4 Å². The van der Waals surface area contributed by atoms with E-state index in [1.807, 2.05) is 105 Å². The van der Waals surface area contributed by atoms with E-state index < -0.39 is 5.60 Å². The van der Waals surface area contributed by atoms with Crippen LogP contribution >= 0.6 is 0 Å². The Morgan fingerprint density at radius 3 is 2.16 bits per heavy atom. The summed E-state index contributed by atoms with van der Waals surface area (Å²) < 4.78 is 19.9. The molecule has 4 heterocycles. The summed E-state index contributed by atoms with van der Waals surface area (Å²) in [5, 5.41) is 9.05. The molecule has 2 saturated heterocycles. The van der Waals surface area contributed by atoms with Gasteiger partial charge in [0, 0.05) is 42.8 Å². The van der Waals surface area contributed by atoms with E-state index in [9.17, 15) is 4.79 Å². The maximum atomic E-state index is 12.3. The van der Waals surface area contributed by atoms with Gasteiger partial charge in [0.15, 0.2) is 0 Å². The van der Waals surface area contributed by atoms with Crippen molar-refractivity contribution in [2.24, 2.45) is 13.0 Å². The number of carbonyl (C=O) groups excluding carboxylic acids is 1. The van der Waals surface area contributed by atoms with Crippen molar-refractivity contribution >= 4 is 22.7 Å². The smallest absolute Gasteiger partial charge is 0.407 e. The number of benzene rings is 3. The number of carbonyl (C=O) groups is 1. The van der Waals surface area contributed by atoms with Gasteiger partial charge in [-0.25, -0.2) is 4.79 Å². The van der Waals surface area contributed by atoms with E-state index in [-0.39, 0.29) is 6.09 Å². The predicted octanol–water partition coefficient (Wildman–Crippen LogP) is 8.07. The predicted molar refractivity (Wildman–Crippen MR) is 192 cm³/mol. The largest absolute Gasteiger partial charge is 0.473 e. The molecule has 0 radical (unpaired) electrons. The second-order valence-electron chi connectivity index (χ2n) is 14.2. The summed E-state index contributed by atoms with van der Waals surface area (Å²) in [6.07, 6.45) is 4.09. The zero-order valence-corrected chi connectivity index (χ0v) is 28.8. The molecular weight excluding hydrogens is 614 g/mol. The molecule has 9 heteroatoms. The van der Waals surface area contributed by atoms with Crippen LogP contribution in [-0.4, -0.2) is 45.1 Å². The van der Waals surface area contributed by atoms with E-state index >= 15 is 0 Å². The molecule has 1 amide bonds. The van der Waals surface area contributed by atoms with E-state index in [1.165, 1.54) is 5.69 Å². The lowest BCUT2D eigenvalue weighted by Crippen LogP contribution is -2.46. The Hall–Kier alpha value is -5.05. The number of piperidine rings is 1. The lowest BCUT2D eigenvalue weighted by atomic mass is 9.90. The molecule has 3 atom stereocenters. The summed E-state index contributed by atoms with van der Waals surface area (Å²) in [7, 11) is 1.99. The first-order valence-corrected chi connectivity index (χ1v) is 17.3. The maximum absolute atomic E-state index is 12.3. The molecule has 9 nitrogen and oxygen atoms in total. The summed E-state index contributed by atoms with van der Waals surface area (Å²) in [6, 6.07) is 31.6. The molecule has 5 aromatic rings. The monoisotopic (exact) mass is 659 g/mol. The number of nitrogens with one attached hydrogen (secondary N) is 1. The number of ether oxygens (including phenoxy) is 3. The van der Waals surface area contributed by atoms with Crippen molar-refractivity contribution < 1.29 is 19.0 Å². The number of alkyl carbamates (subject to hydrolysis) is 1. The fraction of sp³-hybridized carbons (Fsp3) is 0.375. The SMILES string of the molecule is Cn1nc(-c2ccc(OCc3ccccc3)nc2OCc2ccccc2)c2ccc(N3[C@@H]4CC[C@H]3CC(CNC(=O)OC(C)(C)C)C4)cc21. The van der Waals surface area contributed by atoms with Crippen LogP contribution < -0.4 is 19.7 Å². The molecule has 0 saturated carbocycles. The van der Waals surface area contributed by atoms with E-state index in [2.05, 4.69) is 28.4 Å². The first kappa shape index (κ1) is 32.5. The highest BCUT2D eigenvalue weighted by Gasteiger charge is 2.41. The van der Waals surface area contributed by atoms with Crippen LogP contribution in [0.2, 0.25) is 0 Å². The number of aryl methyl sites for hydroxylation is 1. The molecule has 3 aromatic carbocycles. The molecule has 7 rings (SSSR count). The molecule has 2 bridgehead atoms. The van der Waals surface area contributed by atoms with Gasteiger partial charge < -0.3 is 24.4 Å². The van der Waals surface area contributed by atoms with Crippen LogP contribution in [0.25, 0.3) is 22.2 Å². The Morgan fingerprint density at radius 2 is 1.51 bits per heavy atom. The highest BCUT2D eigenvalue weighted by atomic mass is 16.6. The molecule has 2 fully saturated rings. The normalized spacial score (nSPS) is 18.8. The average Bonchev–Trinajstić information content (AvgIpc) is 3.56. The Balaban J connectivity index is 1.11. The zero-order valence-electron chi connectivity index (χ0n) is 28.8. The van der Waals surface area contributed by atoms with Gasteiger partial charge in [-0.2, -0.15) is 10.1 Å². The molecule has 0 aliphatic carbocycles. The fourth-order valence-electron chi connectivity index (χ4n) is 7.28. The second-order valence-corrected chi connectivity index (χ2v) is 14.2.